The summed E-state index contributed by atoms with van der Waals surface area (Å²) in [7, 11) is 0. The van der Waals surface area contributed by atoms with Gasteiger partial charge in [-0.05, 0) is 39.5 Å². The Labute approximate surface area is 111 Å². The van der Waals surface area contributed by atoms with Crippen LogP contribution in [-0.2, 0) is 4.79 Å². The van der Waals surface area contributed by atoms with Gasteiger partial charge in [0.15, 0.2) is 0 Å². The number of hydrogen-bond donors (Lipinski definition) is 2. The topological polar surface area (TPSA) is 68.0 Å². The van der Waals surface area contributed by atoms with E-state index >= 15 is 0 Å². The number of nitrogens with two attached hydrogens (primary N) is 1. The fraction of sp³-hybridized carbons (Fsp3) is 0.0909. The highest BCUT2D eigenvalue weighted by Gasteiger charge is 2.17. The van der Waals surface area contributed by atoms with Gasteiger partial charge in [0.1, 0.15) is 11.9 Å². The molecule has 88 valence electrons. The molecule has 17 heavy (non-hydrogen) atoms. The van der Waals surface area contributed by atoms with E-state index in [4.69, 9.17) is 5.73 Å². The number of carbonyl (C=O) groups excluding carboxylic acids is 1. The average molecular weight is 312 g/mol. The van der Waals surface area contributed by atoms with Gasteiger partial charge < -0.3 is 11.1 Å². The maximum absolute atomic E-state index is 11.9. The second kappa shape index (κ2) is 5.39. The molecule has 0 radical (unpaired) electrons. The van der Waals surface area contributed by atoms with Crippen LogP contribution in [0.15, 0.2) is 40.3 Å². The molecular formula is C11H10BrN3OS. The lowest BCUT2D eigenvalue weighted by molar-refractivity contribution is -0.117. The Hall–Kier alpha value is -1.24. The zero-order valence-corrected chi connectivity index (χ0v) is 11.2. The minimum absolute atomic E-state index is 0.271. The van der Waals surface area contributed by atoms with Gasteiger partial charge in [0.25, 0.3) is 0 Å². The molecule has 2 rings (SSSR count). The third kappa shape index (κ3) is 2.91. The van der Waals surface area contributed by atoms with Gasteiger partial charge in [0.2, 0.25) is 5.91 Å². The first-order chi connectivity index (χ1) is 8.18. The predicted molar refractivity (Wildman–Crippen MR) is 71.8 cm³/mol. The van der Waals surface area contributed by atoms with Crippen LogP contribution in [0.1, 0.15) is 10.9 Å². The third-order valence-electron chi connectivity index (χ3n) is 2.13. The Kier molecular flexibility index (Phi) is 3.88. The lowest BCUT2D eigenvalue weighted by Crippen LogP contribution is -2.27. The summed E-state index contributed by atoms with van der Waals surface area (Å²) >= 11 is 4.76. The van der Waals surface area contributed by atoms with Crippen molar-refractivity contribution >= 4 is 39.0 Å². The van der Waals surface area contributed by atoms with Gasteiger partial charge in [-0.2, -0.15) is 0 Å². The SMILES string of the molecule is NC(C(=O)Nc1ncccc1Br)c1cccs1. The summed E-state index contributed by atoms with van der Waals surface area (Å²) in [6.07, 6.45) is 1.61. The predicted octanol–water partition coefficient (Wildman–Crippen LogP) is 2.54. The first-order valence-corrected chi connectivity index (χ1v) is 6.56. The summed E-state index contributed by atoms with van der Waals surface area (Å²) < 4.78 is 0.728. The Balaban J connectivity index is 2.10. The molecule has 0 aliphatic rings. The van der Waals surface area contributed by atoms with Crippen molar-refractivity contribution in [2.45, 2.75) is 6.04 Å². The van der Waals surface area contributed by atoms with Crippen LogP contribution in [-0.4, -0.2) is 10.9 Å². The van der Waals surface area contributed by atoms with Crippen LogP contribution < -0.4 is 11.1 Å². The van der Waals surface area contributed by atoms with Crippen LogP contribution in [0.25, 0.3) is 0 Å². The van der Waals surface area contributed by atoms with Crippen LogP contribution in [0.5, 0.6) is 0 Å². The van der Waals surface area contributed by atoms with Gasteiger partial charge >= 0.3 is 0 Å². The normalized spacial score (nSPS) is 12.1. The average Bonchev–Trinajstić information content (AvgIpc) is 2.84. The molecular weight excluding hydrogens is 302 g/mol. The van der Waals surface area contributed by atoms with E-state index in [1.807, 2.05) is 17.5 Å². The van der Waals surface area contributed by atoms with Gasteiger partial charge in [-0.15, -0.1) is 11.3 Å². The number of rotatable bonds is 3. The van der Waals surface area contributed by atoms with Gasteiger partial charge in [-0.1, -0.05) is 6.07 Å². The van der Waals surface area contributed by atoms with E-state index in [1.54, 1.807) is 18.3 Å². The molecule has 0 saturated heterocycles. The van der Waals surface area contributed by atoms with Crippen molar-refractivity contribution in [2.24, 2.45) is 5.73 Å². The molecule has 1 unspecified atom stereocenters. The second-order valence-electron chi connectivity index (χ2n) is 3.32. The Morgan fingerprint density at radius 2 is 2.29 bits per heavy atom. The Morgan fingerprint density at radius 1 is 1.47 bits per heavy atom. The highest BCUT2D eigenvalue weighted by atomic mass is 79.9. The summed E-state index contributed by atoms with van der Waals surface area (Å²) in [5.74, 6) is 0.205. The van der Waals surface area contributed by atoms with Crippen molar-refractivity contribution in [1.82, 2.24) is 4.98 Å². The number of pyridine rings is 1. The van der Waals surface area contributed by atoms with Crippen molar-refractivity contribution in [3.05, 3.63) is 45.2 Å². The smallest absolute Gasteiger partial charge is 0.247 e. The summed E-state index contributed by atoms with van der Waals surface area (Å²) in [4.78, 5) is 16.8. The van der Waals surface area contributed by atoms with Crippen LogP contribution >= 0.6 is 27.3 Å². The number of anilines is 1. The molecule has 2 heterocycles. The van der Waals surface area contributed by atoms with E-state index in [2.05, 4.69) is 26.2 Å². The van der Waals surface area contributed by atoms with Crippen molar-refractivity contribution in [3.63, 3.8) is 0 Å². The number of aromatic nitrogens is 1. The number of halogens is 1. The molecule has 6 heteroatoms. The van der Waals surface area contributed by atoms with E-state index < -0.39 is 6.04 Å². The number of carbonyl (C=O) groups is 1. The van der Waals surface area contributed by atoms with Crippen molar-refractivity contribution in [2.75, 3.05) is 5.32 Å². The Bertz CT molecular complexity index is 515. The highest BCUT2D eigenvalue weighted by molar-refractivity contribution is 9.10. The molecule has 0 bridgehead atoms. The molecule has 0 aromatic carbocycles. The fourth-order valence-corrected chi connectivity index (χ4v) is 2.35. The third-order valence-corrected chi connectivity index (χ3v) is 3.73. The van der Waals surface area contributed by atoms with E-state index in [0.29, 0.717) is 5.82 Å². The molecule has 0 aliphatic heterocycles. The van der Waals surface area contributed by atoms with Crippen LogP contribution in [0.4, 0.5) is 5.82 Å². The number of thiophene rings is 1. The first-order valence-electron chi connectivity index (χ1n) is 4.89. The molecule has 2 aromatic rings. The van der Waals surface area contributed by atoms with Gasteiger partial charge in [-0.25, -0.2) is 4.98 Å². The molecule has 0 fully saturated rings. The monoisotopic (exact) mass is 311 g/mol. The van der Waals surface area contributed by atoms with Crippen LogP contribution in [0.3, 0.4) is 0 Å². The maximum atomic E-state index is 11.9. The summed E-state index contributed by atoms with van der Waals surface area (Å²) in [5.41, 5.74) is 5.84. The summed E-state index contributed by atoms with van der Waals surface area (Å²) in [6.45, 7) is 0. The minimum atomic E-state index is -0.663. The lowest BCUT2D eigenvalue weighted by Gasteiger charge is -2.10. The van der Waals surface area contributed by atoms with E-state index in [1.165, 1.54) is 11.3 Å². The maximum Gasteiger partial charge on any atom is 0.247 e. The van der Waals surface area contributed by atoms with Gasteiger partial charge in [0.05, 0.1) is 4.47 Å². The summed E-state index contributed by atoms with van der Waals surface area (Å²) in [5, 5.41) is 4.57. The zero-order chi connectivity index (χ0) is 12.3. The highest BCUT2D eigenvalue weighted by Crippen LogP contribution is 2.21. The minimum Gasteiger partial charge on any atom is -0.316 e. The lowest BCUT2D eigenvalue weighted by atomic mass is 10.2. The largest absolute Gasteiger partial charge is 0.316 e. The van der Waals surface area contributed by atoms with Gasteiger partial charge in [0, 0.05) is 11.1 Å². The van der Waals surface area contributed by atoms with E-state index in [-0.39, 0.29) is 5.91 Å². The van der Waals surface area contributed by atoms with Gasteiger partial charge in [-0.3, -0.25) is 4.79 Å². The van der Waals surface area contributed by atoms with Crippen molar-refractivity contribution in [1.29, 1.82) is 0 Å². The fourth-order valence-electron chi connectivity index (χ4n) is 1.27. The molecule has 0 spiro atoms. The van der Waals surface area contributed by atoms with Crippen molar-refractivity contribution in [3.8, 4) is 0 Å². The van der Waals surface area contributed by atoms with Crippen molar-refractivity contribution < 1.29 is 4.79 Å². The summed E-state index contributed by atoms with van der Waals surface area (Å²) in [6, 6.07) is 6.62. The second-order valence-corrected chi connectivity index (χ2v) is 5.15. The molecule has 2 aromatic heterocycles. The number of amides is 1. The molecule has 0 saturated carbocycles. The van der Waals surface area contributed by atoms with E-state index in [9.17, 15) is 4.79 Å². The van der Waals surface area contributed by atoms with Crippen LogP contribution in [0.2, 0.25) is 0 Å². The Morgan fingerprint density at radius 3 is 2.94 bits per heavy atom. The van der Waals surface area contributed by atoms with E-state index in [0.717, 1.165) is 9.35 Å². The molecule has 1 atom stereocenters. The van der Waals surface area contributed by atoms with Crippen LogP contribution in [0, 0.1) is 0 Å². The number of nitrogens with one attached hydrogen (secondary N) is 1. The molecule has 0 aliphatic carbocycles. The zero-order valence-electron chi connectivity index (χ0n) is 8.76. The molecule has 3 N–H and O–H groups in total. The number of nitrogens with zero attached hydrogens (tertiary/aromatic N) is 1. The number of hydrogen-bond acceptors (Lipinski definition) is 4. The quantitative estimate of drug-likeness (QED) is 0.915. The molecule has 1 amide bonds. The first kappa shape index (κ1) is 12.2. The standard InChI is InChI=1S/C11H10BrN3OS/c12-7-3-1-5-14-10(7)15-11(16)9(13)8-4-2-6-17-8/h1-6,9H,13H2,(H,14,15,16). The molecule has 4 nitrogen and oxygen atoms in total.